The van der Waals surface area contributed by atoms with Crippen LogP contribution in [0.5, 0.6) is 0 Å². The number of allylic oxidation sites excluding steroid dienone is 2. The Morgan fingerprint density at radius 1 is 1.00 bits per heavy atom. The number of ketones is 1. The summed E-state index contributed by atoms with van der Waals surface area (Å²) in [5.41, 5.74) is 0. The van der Waals surface area contributed by atoms with Gasteiger partial charge in [0.25, 0.3) is 0 Å². The van der Waals surface area contributed by atoms with Gasteiger partial charge >= 0.3 is 23.9 Å². The topological polar surface area (TPSA) is 104 Å². The summed E-state index contributed by atoms with van der Waals surface area (Å²) in [4.78, 5) is 58.3. The van der Waals surface area contributed by atoms with Gasteiger partial charge in [-0.3, -0.25) is 19.2 Å². The van der Waals surface area contributed by atoms with Crippen molar-refractivity contribution >= 4 is 29.7 Å². The van der Waals surface area contributed by atoms with E-state index in [0.29, 0.717) is 12.8 Å². The van der Waals surface area contributed by atoms with Crippen LogP contribution in [0.25, 0.3) is 0 Å². The number of cyclic esters (lactones) is 4. The van der Waals surface area contributed by atoms with Gasteiger partial charge in [-0.15, -0.1) is 0 Å². The number of ether oxygens (including phenoxy) is 2. The second kappa shape index (κ2) is 10.3. The Hall–Kier alpha value is -2.31. The average molecular weight is 392 g/mol. The van der Waals surface area contributed by atoms with Gasteiger partial charge in [0.15, 0.2) is 0 Å². The van der Waals surface area contributed by atoms with Crippen LogP contribution in [0.4, 0.5) is 0 Å². The zero-order valence-corrected chi connectivity index (χ0v) is 16.5. The Morgan fingerprint density at radius 3 is 2.11 bits per heavy atom. The lowest BCUT2D eigenvalue weighted by molar-refractivity contribution is -0.156. The van der Waals surface area contributed by atoms with Crippen LogP contribution in [0, 0.1) is 23.7 Å². The van der Waals surface area contributed by atoms with Crippen LogP contribution in [0.1, 0.15) is 65.2 Å². The van der Waals surface area contributed by atoms with Crippen LogP contribution >= 0.6 is 0 Å². The van der Waals surface area contributed by atoms with Crippen molar-refractivity contribution in [2.24, 2.45) is 23.7 Å². The van der Waals surface area contributed by atoms with Crippen LogP contribution in [0.15, 0.2) is 12.2 Å². The number of hydrogen-bond acceptors (Lipinski definition) is 7. The van der Waals surface area contributed by atoms with Crippen molar-refractivity contribution in [1.82, 2.24) is 0 Å². The minimum Gasteiger partial charge on any atom is -0.393 e. The Morgan fingerprint density at radius 2 is 1.61 bits per heavy atom. The van der Waals surface area contributed by atoms with Crippen LogP contribution in [-0.4, -0.2) is 29.7 Å². The van der Waals surface area contributed by atoms with Gasteiger partial charge < -0.3 is 14.3 Å². The maximum absolute atomic E-state index is 12.2. The van der Waals surface area contributed by atoms with Crippen molar-refractivity contribution in [3.05, 3.63) is 12.2 Å². The fourth-order valence-electron chi connectivity index (χ4n) is 4.07. The summed E-state index contributed by atoms with van der Waals surface area (Å²) in [6.07, 6.45) is 8.44. The van der Waals surface area contributed by atoms with Gasteiger partial charge in [-0.25, -0.2) is 0 Å². The summed E-state index contributed by atoms with van der Waals surface area (Å²) in [7, 11) is 0. The highest BCUT2D eigenvalue weighted by molar-refractivity contribution is 5.96. The maximum atomic E-state index is 12.2. The van der Waals surface area contributed by atoms with E-state index in [1.807, 2.05) is 19.1 Å². The first-order valence-electron chi connectivity index (χ1n) is 9.98. The lowest BCUT2D eigenvalue weighted by Crippen LogP contribution is -2.32. The number of unbranched alkanes of at least 4 members (excludes halogenated alkanes) is 3. The fraction of sp³-hybridized carbons (Fsp3) is 0.667. The van der Waals surface area contributed by atoms with Gasteiger partial charge in [0.05, 0.1) is 24.7 Å². The number of esters is 4. The Bertz CT molecular complexity index is 664. The number of carbonyl (C=O) groups excluding carboxylic acids is 5. The number of hydrogen-bond donors (Lipinski definition) is 0. The number of rotatable bonds is 11. The van der Waals surface area contributed by atoms with E-state index < -0.39 is 35.7 Å². The molecule has 2 heterocycles. The van der Waals surface area contributed by atoms with Crippen LogP contribution in [0.2, 0.25) is 0 Å². The van der Waals surface area contributed by atoms with E-state index in [2.05, 4.69) is 0 Å². The van der Waals surface area contributed by atoms with Gasteiger partial charge in [0, 0.05) is 6.42 Å². The molecular formula is C21H28O7. The standard InChI is InChI=1S/C21H28O7/c1-3-14(16-11-18(23)27-20(16)25)15(17-12-19(24)28-21(17)26)10-8-6-4-5-7-9-13(2)22/h8,10,14-17H,3-7,9,11-12H2,1-2H3/b10-8+. The molecule has 0 aromatic carbocycles. The van der Waals surface area contributed by atoms with Crippen LogP contribution in [0.3, 0.4) is 0 Å². The van der Waals surface area contributed by atoms with Crippen molar-refractivity contribution in [2.75, 3.05) is 0 Å². The second-order valence-corrected chi connectivity index (χ2v) is 7.59. The van der Waals surface area contributed by atoms with Crippen molar-refractivity contribution < 1.29 is 33.4 Å². The molecule has 7 nitrogen and oxygen atoms in total. The highest BCUT2D eigenvalue weighted by atomic mass is 16.6. The first kappa shape index (κ1) is 22.0. The molecule has 2 rings (SSSR count). The second-order valence-electron chi connectivity index (χ2n) is 7.59. The molecule has 154 valence electrons. The Labute approximate surface area is 164 Å². The Kier molecular flexibility index (Phi) is 8.08. The first-order chi connectivity index (χ1) is 13.3. The highest BCUT2D eigenvalue weighted by Gasteiger charge is 2.47. The minimum absolute atomic E-state index is 0.00242. The third-order valence-electron chi connectivity index (χ3n) is 5.51. The van der Waals surface area contributed by atoms with Gasteiger partial charge in [-0.1, -0.05) is 31.9 Å². The molecule has 28 heavy (non-hydrogen) atoms. The third kappa shape index (κ3) is 5.84. The smallest absolute Gasteiger partial charge is 0.317 e. The van der Waals surface area contributed by atoms with Crippen molar-refractivity contribution in [2.45, 2.75) is 65.2 Å². The fourth-order valence-corrected chi connectivity index (χ4v) is 4.07. The maximum Gasteiger partial charge on any atom is 0.317 e. The predicted molar refractivity (Wildman–Crippen MR) is 98.6 cm³/mol. The van der Waals surface area contributed by atoms with Gasteiger partial charge in [0.1, 0.15) is 5.78 Å². The van der Waals surface area contributed by atoms with Gasteiger partial charge in [-0.2, -0.15) is 0 Å². The van der Waals surface area contributed by atoms with E-state index in [1.165, 1.54) is 0 Å². The monoisotopic (exact) mass is 392 g/mol. The largest absolute Gasteiger partial charge is 0.393 e. The zero-order chi connectivity index (χ0) is 20.7. The zero-order valence-electron chi connectivity index (χ0n) is 16.5. The molecule has 0 radical (unpaired) electrons. The van der Waals surface area contributed by atoms with Gasteiger partial charge in [-0.05, 0) is 38.0 Å². The molecule has 0 aromatic rings. The summed E-state index contributed by atoms with van der Waals surface area (Å²) >= 11 is 0. The van der Waals surface area contributed by atoms with E-state index in [4.69, 9.17) is 9.47 Å². The molecule has 7 heteroatoms. The quantitative estimate of drug-likeness (QED) is 0.230. The predicted octanol–water partition coefficient (Wildman–Crippen LogP) is 2.90. The molecule has 0 saturated carbocycles. The lowest BCUT2D eigenvalue weighted by atomic mass is 9.72. The van der Waals surface area contributed by atoms with Crippen molar-refractivity contribution in [3.63, 3.8) is 0 Å². The van der Waals surface area contributed by atoms with Crippen molar-refractivity contribution in [1.29, 1.82) is 0 Å². The molecule has 2 fully saturated rings. The normalized spacial score (nSPS) is 24.5. The Balaban J connectivity index is 2.06. The minimum atomic E-state index is -0.644. The third-order valence-corrected chi connectivity index (χ3v) is 5.51. The molecule has 4 atom stereocenters. The number of Topliss-reactive ketones (excluding diaryl/α,β-unsaturated/α-hetero) is 1. The highest BCUT2D eigenvalue weighted by Crippen LogP contribution is 2.40. The molecule has 0 amide bonds. The molecule has 0 N–H and O–H groups in total. The van der Waals surface area contributed by atoms with Crippen molar-refractivity contribution in [3.8, 4) is 0 Å². The van der Waals surface area contributed by atoms with E-state index in [9.17, 15) is 24.0 Å². The molecule has 0 aliphatic carbocycles. The molecule has 0 aromatic heterocycles. The molecule has 2 saturated heterocycles. The summed E-state index contributed by atoms with van der Waals surface area (Å²) in [5.74, 6) is -3.95. The molecule has 4 unspecified atom stereocenters. The summed E-state index contributed by atoms with van der Waals surface area (Å²) in [6.45, 7) is 3.47. The van der Waals surface area contributed by atoms with Crippen LogP contribution < -0.4 is 0 Å². The van der Waals surface area contributed by atoms with Crippen LogP contribution in [-0.2, 0) is 33.4 Å². The summed E-state index contributed by atoms with van der Waals surface area (Å²) < 4.78 is 9.41. The molecule has 0 spiro atoms. The molecular weight excluding hydrogens is 364 g/mol. The van der Waals surface area contributed by atoms with Gasteiger partial charge in [0.2, 0.25) is 0 Å². The number of carbonyl (C=O) groups is 5. The first-order valence-corrected chi connectivity index (χ1v) is 9.98. The van der Waals surface area contributed by atoms with E-state index in [1.54, 1.807) is 6.92 Å². The molecule has 2 aliphatic heterocycles. The van der Waals surface area contributed by atoms with E-state index in [-0.39, 0.29) is 30.5 Å². The SMILES string of the molecule is CCC(C1CC(=O)OC1=O)C(/C=C/CCCCCC(C)=O)C1CC(=O)OC1=O. The summed E-state index contributed by atoms with van der Waals surface area (Å²) in [5, 5.41) is 0. The average Bonchev–Trinajstić information content (AvgIpc) is 3.13. The van der Waals surface area contributed by atoms with E-state index >= 15 is 0 Å². The molecule has 0 bridgehead atoms. The van der Waals surface area contributed by atoms with E-state index in [0.717, 1.165) is 25.7 Å². The lowest BCUT2D eigenvalue weighted by Gasteiger charge is -2.29. The molecule has 2 aliphatic rings. The summed E-state index contributed by atoms with van der Waals surface area (Å²) in [6, 6.07) is 0.